The third-order valence-electron chi connectivity index (χ3n) is 2.28. The van der Waals surface area contributed by atoms with Crippen molar-refractivity contribution < 1.29 is 4.92 Å². The van der Waals surface area contributed by atoms with Crippen molar-refractivity contribution >= 4 is 17.3 Å². The Hall–Kier alpha value is -2.31. The number of halogens is 1. The van der Waals surface area contributed by atoms with Gasteiger partial charge in [-0.1, -0.05) is 41.6 Å². The molecule has 0 bridgehead atoms. The molecule has 2 rings (SSSR count). The van der Waals surface area contributed by atoms with Gasteiger partial charge in [0.2, 0.25) is 0 Å². The summed E-state index contributed by atoms with van der Waals surface area (Å²) in [5.41, 5.74) is 1.27. The number of nitrogens with zero attached hydrogens (tertiary/aromatic N) is 1. The minimum Gasteiger partial charge on any atom is -0.258 e. The Morgan fingerprint density at radius 2 is 1.78 bits per heavy atom. The van der Waals surface area contributed by atoms with Gasteiger partial charge in [-0.2, -0.15) is 0 Å². The van der Waals surface area contributed by atoms with Crippen LogP contribution in [-0.4, -0.2) is 4.92 Å². The Labute approximate surface area is 109 Å². The van der Waals surface area contributed by atoms with Gasteiger partial charge in [-0.3, -0.25) is 10.1 Å². The van der Waals surface area contributed by atoms with Gasteiger partial charge in [0, 0.05) is 17.7 Å². The van der Waals surface area contributed by atoms with Crippen molar-refractivity contribution in [2.45, 2.75) is 0 Å². The van der Waals surface area contributed by atoms with Gasteiger partial charge in [-0.05, 0) is 18.2 Å². The molecule has 4 heteroatoms. The quantitative estimate of drug-likeness (QED) is 0.445. The second kappa shape index (κ2) is 5.35. The Bertz CT molecular complexity index is 642. The standard InChI is InChI=1S/C14H8ClNO2/c15-14-9-8-13(16(17)18)10-12(14)7-6-11-4-2-1-3-5-11/h1-5,8-10H. The highest BCUT2D eigenvalue weighted by Gasteiger charge is 2.07. The van der Waals surface area contributed by atoms with Crippen LogP contribution in [0, 0.1) is 22.0 Å². The molecule has 0 heterocycles. The monoisotopic (exact) mass is 257 g/mol. The topological polar surface area (TPSA) is 43.1 Å². The van der Waals surface area contributed by atoms with Crippen LogP contribution in [0.1, 0.15) is 11.1 Å². The van der Waals surface area contributed by atoms with Crippen molar-refractivity contribution in [3.05, 3.63) is 74.8 Å². The smallest absolute Gasteiger partial charge is 0.258 e. The molecule has 0 unspecified atom stereocenters. The molecule has 2 aromatic rings. The molecule has 0 saturated heterocycles. The van der Waals surface area contributed by atoms with Gasteiger partial charge in [0.1, 0.15) is 0 Å². The van der Waals surface area contributed by atoms with Crippen molar-refractivity contribution in [1.29, 1.82) is 0 Å². The average molecular weight is 258 g/mol. The van der Waals surface area contributed by atoms with Gasteiger partial charge in [0.15, 0.2) is 0 Å². The minimum atomic E-state index is -0.468. The highest BCUT2D eigenvalue weighted by molar-refractivity contribution is 6.31. The molecule has 18 heavy (non-hydrogen) atoms. The van der Waals surface area contributed by atoms with Gasteiger partial charge >= 0.3 is 0 Å². The lowest BCUT2D eigenvalue weighted by Crippen LogP contribution is -1.89. The van der Waals surface area contributed by atoms with E-state index in [0.717, 1.165) is 5.56 Å². The number of non-ortho nitro benzene ring substituents is 1. The molecule has 88 valence electrons. The van der Waals surface area contributed by atoms with Gasteiger partial charge in [0.05, 0.1) is 15.5 Å². The molecule has 0 aliphatic rings. The highest BCUT2D eigenvalue weighted by Crippen LogP contribution is 2.21. The molecule has 0 atom stereocenters. The number of nitro benzene ring substituents is 1. The van der Waals surface area contributed by atoms with E-state index in [2.05, 4.69) is 11.8 Å². The second-order valence-electron chi connectivity index (χ2n) is 3.54. The lowest BCUT2D eigenvalue weighted by Gasteiger charge is -1.96. The number of hydrogen-bond acceptors (Lipinski definition) is 2. The van der Waals surface area contributed by atoms with Crippen molar-refractivity contribution in [3.8, 4) is 11.8 Å². The molecular formula is C14H8ClNO2. The molecule has 0 aliphatic carbocycles. The third-order valence-corrected chi connectivity index (χ3v) is 2.61. The van der Waals surface area contributed by atoms with Crippen LogP contribution in [0.5, 0.6) is 0 Å². The van der Waals surface area contributed by atoms with Crippen LogP contribution in [0.4, 0.5) is 5.69 Å². The van der Waals surface area contributed by atoms with Crippen molar-refractivity contribution in [1.82, 2.24) is 0 Å². The summed E-state index contributed by atoms with van der Waals surface area (Å²) in [4.78, 5) is 10.2. The first-order valence-electron chi connectivity index (χ1n) is 5.18. The maximum absolute atomic E-state index is 10.7. The van der Waals surface area contributed by atoms with E-state index in [1.807, 2.05) is 30.3 Å². The zero-order chi connectivity index (χ0) is 13.0. The molecule has 2 aromatic carbocycles. The summed E-state index contributed by atoms with van der Waals surface area (Å²) in [6, 6.07) is 13.6. The molecule has 0 spiro atoms. The molecule has 0 N–H and O–H groups in total. The number of hydrogen-bond donors (Lipinski definition) is 0. The summed E-state index contributed by atoms with van der Waals surface area (Å²) in [5.74, 6) is 5.75. The van der Waals surface area contributed by atoms with Crippen LogP contribution < -0.4 is 0 Å². The summed E-state index contributed by atoms with van der Waals surface area (Å²) in [7, 11) is 0. The van der Waals surface area contributed by atoms with E-state index < -0.39 is 4.92 Å². The van der Waals surface area contributed by atoms with E-state index in [9.17, 15) is 10.1 Å². The first-order chi connectivity index (χ1) is 8.66. The molecule has 3 nitrogen and oxygen atoms in total. The SMILES string of the molecule is O=[N+]([O-])c1ccc(Cl)c(C#Cc2ccccc2)c1. The molecule has 0 radical (unpaired) electrons. The normalized spacial score (nSPS) is 9.39. The fraction of sp³-hybridized carbons (Fsp3) is 0. The van der Waals surface area contributed by atoms with E-state index in [1.54, 1.807) is 0 Å². The lowest BCUT2D eigenvalue weighted by molar-refractivity contribution is -0.384. The van der Waals surface area contributed by atoms with Crippen LogP contribution in [0.25, 0.3) is 0 Å². The number of nitro groups is 1. The summed E-state index contributed by atoms with van der Waals surface area (Å²) < 4.78 is 0. The van der Waals surface area contributed by atoms with Crippen molar-refractivity contribution in [3.63, 3.8) is 0 Å². The fourth-order valence-corrected chi connectivity index (χ4v) is 1.55. The van der Waals surface area contributed by atoms with Crippen LogP contribution in [0.15, 0.2) is 48.5 Å². The largest absolute Gasteiger partial charge is 0.270 e. The van der Waals surface area contributed by atoms with E-state index >= 15 is 0 Å². The van der Waals surface area contributed by atoms with E-state index in [1.165, 1.54) is 18.2 Å². The van der Waals surface area contributed by atoms with Gasteiger partial charge in [-0.15, -0.1) is 0 Å². The maximum atomic E-state index is 10.7. The van der Waals surface area contributed by atoms with Crippen LogP contribution in [-0.2, 0) is 0 Å². The van der Waals surface area contributed by atoms with Crippen molar-refractivity contribution in [2.24, 2.45) is 0 Å². The van der Waals surface area contributed by atoms with E-state index in [0.29, 0.717) is 10.6 Å². The third kappa shape index (κ3) is 2.88. The first-order valence-corrected chi connectivity index (χ1v) is 5.55. The zero-order valence-corrected chi connectivity index (χ0v) is 10.0. The maximum Gasteiger partial charge on any atom is 0.270 e. The summed E-state index contributed by atoms with van der Waals surface area (Å²) in [6.45, 7) is 0. The summed E-state index contributed by atoms with van der Waals surface area (Å²) in [6.07, 6.45) is 0. The second-order valence-corrected chi connectivity index (χ2v) is 3.94. The van der Waals surface area contributed by atoms with Gasteiger partial charge in [-0.25, -0.2) is 0 Å². The Morgan fingerprint density at radius 1 is 1.06 bits per heavy atom. The molecule has 0 aliphatic heterocycles. The predicted molar refractivity (Wildman–Crippen MR) is 70.5 cm³/mol. The fourth-order valence-electron chi connectivity index (χ4n) is 1.38. The molecule has 0 aromatic heterocycles. The molecule has 0 amide bonds. The lowest BCUT2D eigenvalue weighted by atomic mass is 10.1. The Kier molecular flexibility index (Phi) is 3.61. The Balaban J connectivity index is 2.38. The first kappa shape index (κ1) is 12.2. The number of rotatable bonds is 1. The minimum absolute atomic E-state index is 0.0169. The Morgan fingerprint density at radius 3 is 2.44 bits per heavy atom. The van der Waals surface area contributed by atoms with Crippen LogP contribution in [0.3, 0.4) is 0 Å². The van der Waals surface area contributed by atoms with Gasteiger partial charge < -0.3 is 0 Å². The molecule has 0 saturated carbocycles. The van der Waals surface area contributed by atoms with E-state index in [4.69, 9.17) is 11.6 Å². The summed E-state index contributed by atoms with van der Waals surface area (Å²) in [5, 5.41) is 11.1. The summed E-state index contributed by atoms with van der Waals surface area (Å²) >= 11 is 5.94. The average Bonchev–Trinajstić information content (AvgIpc) is 2.38. The van der Waals surface area contributed by atoms with Crippen LogP contribution in [0.2, 0.25) is 5.02 Å². The van der Waals surface area contributed by atoms with Crippen LogP contribution >= 0.6 is 11.6 Å². The zero-order valence-electron chi connectivity index (χ0n) is 9.26. The predicted octanol–water partition coefficient (Wildman–Crippen LogP) is 3.65. The molecule has 0 fully saturated rings. The van der Waals surface area contributed by atoms with Crippen molar-refractivity contribution in [2.75, 3.05) is 0 Å². The molecular weight excluding hydrogens is 250 g/mol. The van der Waals surface area contributed by atoms with E-state index in [-0.39, 0.29) is 5.69 Å². The van der Waals surface area contributed by atoms with Gasteiger partial charge in [0.25, 0.3) is 5.69 Å². The number of benzene rings is 2. The highest BCUT2D eigenvalue weighted by atomic mass is 35.5.